The lowest BCUT2D eigenvalue weighted by Gasteiger charge is -2.39. The Kier molecular flexibility index (Phi) is 7.18. The predicted octanol–water partition coefficient (Wildman–Crippen LogP) is 1.64. The van der Waals surface area contributed by atoms with E-state index in [2.05, 4.69) is 75.9 Å². The minimum absolute atomic E-state index is 0.529. The molecule has 1 unspecified atom stereocenters. The quantitative estimate of drug-likeness (QED) is 0.629. The van der Waals surface area contributed by atoms with Gasteiger partial charge in [0.25, 0.3) is 0 Å². The van der Waals surface area contributed by atoms with Gasteiger partial charge in [0.15, 0.2) is 5.96 Å². The number of hydrogen-bond donors (Lipinski definition) is 1. The number of nitrogens with zero attached hydrogens (tertiary/aromatic N) is 5. The van der Waals surface area contributed by atoms with E-state index in [4.69, 9.17) is 0 Å². The molecule has 0 bridgehead atoms. The van der Waals surface area contributed by atoms with Crippen LogP contribution in [0.4, 0.5) is 5.69 Å². The third kappa shape index (κ3) is 4.97. The molecule has 156 valence electrons. The van der Waals surface area contributed by atoms with E-state index in [1.54, 1.807) is 0 Å². The van der Waals surface area contributed by atoms with Gasteiger partial charge in [-0.1, -0.05) is 12.1 Å². The summed E-state index contributed by atoms with van der Waals surface area (Å²) in [4.78, 5) is 14.5. The van der Waals surface area contributed by atoms with Crippen molar-refractivity contribution in [2.75, 3.05) is 77.9 Å². The standard InChI is InChI=1S/C22H38N6/c1-18-7-6-8-21(20(18)3)27-13-15-28(16-14-27)22(23-4)24-17-19(2)26-11-9-25(5)10-12-26/h6-8,19H,9-17H2,1-5H3,(H,23,24). The summed E-state index contributed by atoms with van der Waals surface area (Å²) < 4.78 is 0. The van der Waals surface area contributed by atoms with Gasteiger partial charge in [0.1, 0.15) is 0 Å². The molecule has 0 aromatic heterocycles. The molecule has 1 aromatic carbocycles. The molecule has 0 aliphatic carbocycles. The fraction of sp³-hybridized carbons (Fsp3) is 0.682. The number of guanidine groups is 1. The number of nitrogens with one attached hydrogen (secondary N) is 1. The van der Waals surface area contributed by atoms with E-state index in [1.807, 2.05) is 7.05 Å². The molecule has 3 rings (SSSR count). The number of aliphatic imine (C=N–C) groups is 1. The molecule has 2 aliphatic rings. The van der Waals surface area contributed by atoms with Crippen LogP contribution in [0.2, 0.25) is 0 Å². The number of rotatable bonds is 4. The molecule has 1 atom stereocenters. The third-order valence-electron chi connectivity index (χ3n) is 6.42. The van der Waals surface area contributed by atoms with Crippen molar-refractivity contribution >= 4 is 11.6 Å². The average Bonchev–Trinajstić information content (AvgIpc) is 2.71. The van der Waals surface area contributed by atoms with Gasteiger partial charge in [0.2, 0.25) is 0 Å². The zero-order valence-electron chi connectivity index (χ0n) is 18.4. The largest absolute Gasteiger partial charge is 0.368 e. The third-order valence-corrected chi connectivity index (χ3v) is 6.42. The van der Waals surface area contributed by atoms with Crippen molar-refractivity contribution in [2.45, 2.75) is 26.8 Å². The fourth-order valence-corrected chi connectivity index (χ4v) is 4.20. The van der Waals surface area contributed by atoms with Gasteiger partial charge in [-0.05, 0) is 45.0 Å². The van der Waals surface area contributed by atoms with Crippen LogP contribution in [0.25, 0.3) is 0 Å². The summed E-state index contributed by atoms with van der Waals surface area (Å²) in [6.45, 7) is 16.5. The second-order valence-electron chi connectivity index (χ2n) is 8.31. The Morgan fingerprint density at radius 1 is 1.04 bits per heavy atom. The van der Waals surface area contributed by atoms with E-state index >= 15 is 0 Å². The lowest BCUT2D eigenvalue weighted by molar-refractivity contribution is 0.119. The van der Waals surface area contributed by atoms with Crippen molar-refractivity contribution in [1.29, 1.82) is 0 Å². The predicted molar refractivity (Wildman–Crippen MR) is 120 cm³/mol. The summed E-state index contributed by atoms with van der Waals surface area (Å²) in [5, 5.41) is 3.62. The van der Waals surface area contributed by atoms with Crippen LogP contribution in [0.5, 0.6) is 0 Å². The monoisotopic (exact) mass is 386 g/mol. The number of aryl methyl sites for hydroxylation is 1. The molecule has 0 radical (unpaired) electrons. The van der Waals surface area contributed by atoms with Gasteiger partial charge in [-0.3, -0.25) is 9.89 Å². The summed E-state index contributed by atoms with van der Waals surface area (Å²) >= 11 is 0. The SMILES string of the molecule is CN=C(NCC(C)N1CCN(C)CC1)N1CCN(c2cccc(C)c2C)CC1. The number of benzene rings is 1. The molecule has 1 aromatic rings. The number of piperazine rings is 2. The van der Waals surface area contributed by atoms with Crippen LogP contribution < -0.4 is 10.2 Å². The van der Waals surface area contributed by atoms with E-state index < -0.39 is 0 Å². The first kappa shape index (κ1) is 20.9. The van der Waals surface area contributed by atoms with Crippen molar-refractivity contribution in [3.8, 4) is 0 Å². The molecule has 28 heavy (non-hydrogen) atoms. The van der Waals surface area contributed by atoms with Crippen molar-refractivity contribution in [3.63, 3.8) is 0 Å². The van der Waals surface area contributed by atoms with E-state index in [1.165, 1.54) is 29.9 Å². The van der Waals surface area contributed by atoms with E-state index in [9.17, 15) is 0 Å². The van der Waals surface area contributed by atoms with Crippen molar-refractivity contribution in [2.24, 2.45) is 4.99 Å². The maximum atomic E-state index is 4.56. The van der Waals surface area contributed by atoms with E-state index in [0.29, 0.717) is 6.04 Å². The van der Waals surface area contributed by atoms with Crippen molar-refractivity contribution in [3.05, 3.63) is 29.3 Å². The highest BCUT2D eigenvalue weighted by Crippen LogP contribution is 2.23. The van der Waals surface area contributed by atoms with E-state index in [0.717, 1.165) is 51.8 Å². The zero-order chi connectivity index (χ0) is 20.1. The Labute approximate surface area is 171 Å². The molecule has 2 heterocycles. The summed E-state index contributed by atoms with van der Waals surface area (Å²) in [7, 11) is 4.11. The van der Waals surface area contributed by atoms with Crippen molar-refractivity contribution < 1.29 is 0 Å². The first-order valence-corrected chi connectivity index (χ1v) is 10.7. The topological polar surface area (TPSA) is 37.4 Å². The summed E-state index contributed by atoms with van der Waals surface area (Å²) in [6, 6.07) is 7.15. The van der Waals surface area contributed by atoms with E-state index in [-0.39, 0.29) is 0 Å². The van der Waals surface area contributed by atoms with Crippen LogP contribution in [-0.4, -0.2) is 99.7 Å². The van der Waals surface area contributed by atoms with Gasteiger partial charge in [-0.25, -0.2) is 0 Å². The molecule has 0 spiro atoms. The average molecular weight is 387 g/mol. The molecule has 0 saturated carbocycles. The highest BCUT2D eigenvalue weighted by atomic mass is 15.4. The maximum Gasteiger partial charge on any atom is 0.193 e. The van der Waals surface area contributed by atoms with Gasteiger partial charge < -0.3 is 20.0 Å². The van der Waals surface area contributed by atoms with Gasteiger partial charge in [0, 0.05) is 77.7 Å². The molecular formula is C22H38N6. The minimum atomic E-state index is 0.529. The maximum absolute atomic E-state index is 4.56. The summed E-state index contributed by atoms with van der Waals surface area (Å²) in [5.41, 5.74) is 4.15. The number of anilines is 1. The van der Waals surface area contributed by atoms with Crippen LogP contribution in [0, 0.1) is 13.8 Å². The van der Waals surface area contributed by atoms with Crippen LogP contribution in [0.15, 0.2) is 23.2 Å². The smallest absolute Gasteiger partial charge is 0.193 e. The molecule has 1 N–H and O–H groups in total. The van der Waals surface area contributed by atoms with Crippen LogP contribution >= 0.6 is 0 Å². The molecule has 2 saturated heterocycles. The Hall–Kier alpha value is -1.79. The molecular weight excluding hydrogens is 348 g/mol. The first-order valence-electron chi connectivity index (χ1n) is 10.7. The van der Waals surface area contributed by atoms with Crippen molar-refractivity contribution in [1.82, 2.24) is 20.0 Å². The molecule has 0 amide bonds. The Balaban J connectivity index is 1.49. The minimum Gasteiger partial charge on any atom is -0.368 e. The first-order chi connectivity index (χ1) is 13.5. The molecule has 2 aliphatic heterocycles. The normalized spacial score (nSPS) is 21.1. The Bertz CT molecular complexity index is 657. The molecule has 2 fully saturated rings. The van der Waals surface area contributed by atoms with Gasteiger partial charge in [-0.15, -0.1) is 0 Å². The summed E-state index contributed by atoms with van der Waals surface area (Å²) in [6.07, 6.45) is 0. The number of hydrogen-bond acceptors (Lipinski definition) is 4. The Morgan fingerprint density at radius 3 is 2.36 bits per heavy atom. The van der Waals surface area contributed by atoms with Crippen LogP contribution in [0.3, 0.4) is 0 Å². The lowest BCUT2D eigenvalue weighted by atomic mass is 10.1. The number of likely N-dealkylation sites (N-methyl/N-ethyl adjacent to an activating group) is 1. The second kappa shape index (κ2) is 9.61. The second-order valence-corrected chi connectivity index (χ2v) is 8.31. The van der Waals surface area contributed by atoms with Crippen LogP contribution in [-0.2, 0) is 0 Å². The Morgan fingerprint density at radius 2 is 1.71 bits per heavy atom. The molecule has 6 nitrogen and oxygen atoms in total. The highest BCUT2D eigenvalue weighted by molar-refractivity contribution is 5.80. The van der Waals surface area contributed by atoms with Gasteiger partial charge in [-0.2, -0.15) is 0 Å². The lowest BCUT2D eigenvalue weighted by Crippen LogP contribution is -2.55. The van der Waals surface area contributed by atoms with Gasteiger partial charge in [0.05, 0.1) is 0 Å². The van der Waals surface area contributed by atoms with Gasteiger partial charge >= 0.3 is 0 Å². The molecule has 6 heteroatoms. The van der Waals surface area contributed by atoms with Crippen LogP contribution in [0.1, 0.15) is 18.1 Å². The summed E-state index contributed by atoms with van der Waals surface area (Å²) in [5.74, 6) is 1.04. The zero-order valence-corrected chi connectivity index (χ0v) is 18.4. The highest BCUT2D eigenvalue weighted by Gasteiger charge is 2.23. The fourth-order valence-electron chi connectivity index (χ4n) is 4.20.